The lowest BCUT2D eigenvalue weighted by Gasteiger charge is -2.27. The van der Waals surface area contributed by atoms with E-state index in [1.807, 2.05) is 13.8 Å². The minimum Gasteiger partial charge on any atom is -0.395 e. The first-order valence-electron chi connectivity index (χ1n) is 6.14. The van der Waals surface area contributed by atoms with E-state index >= 15 is 0 Å². The van der Waals surface area contributed by atoms with Crippen LogP contribution in [0, 0.1) is 0 Å². The number of H-pyrrole nitrogens is 1. The molecule has 0 aromatic carbocycles. The van der Waals surface area contributed by atoms with E-state index in [2.05, 4.69) is 10.2 Å². The first-order chi connectivity index (χ1) is 8.30. The minimum absolute atomic E-state index is 0.234. The number of aromatic amines is 1. The van der Waals surface area contributed by atoms with Gasteiger partial charge in [0.1, 0.15) is 0 Å². The number of amides is 1. The number of anilines is 1. The molecule has 0 fully saturated rings. The Kier molecular flexibility index (Phi) is 4.34. The maximum absolute atomic E-state index is 12.3. The van der Waals surface area contributed by atoms with Crippen LogP contribution in [0.3, 0.4) is 0 Å². The number of aryl methyl sites for hydroxylation is 1. The summed E-state index contributed by atoms with van der Waals surface area (Å²) in [6.07, 6.45) is 0.698. The zero-order chi connectivity index (χ0) is 13.9. The summed E-state index contributed by atoms with van der Waals surface area (Å²) in [5.41, 5.74) is 6.32. The third-order valence-corrected chi connectivity index (χ3v) is 2.69. The Morgan fingerprint density at radius 2 is 2.11 bits per heavy atom. The third-order valence-electron chi connectivity index (χ3n) is 2.69. The summed E-state index contributed by atoms with van der Waals surface area (Å²) >= 11 is 0. The number of nitrogens with two attached hydrogens (primary N) is 1. The molecule has 0 spiro atoms. The Bertz CT molecular complexity index is 420. The van der Waals surface area contributed by atoms with Gasteiger partial charge in [0.05, 0.1) is 17.0 Å². The quantitative estimate of drug-likeness (QED) is 0.724. The van der Waals surface area contributed by atoms with Crippen molar-refractivity contribution in [3.05, 3.63) is 11.4 Å². The van der Waals surface area contributed by atoms with Gasteiger partial charge in [-0.2, -0.15) is 5.10 Å². The number of likely N-dealkylation sites (N-methyl/N-ethyl adjacent to an activating group) is 1. The van der Waals surface area contributed by atoms with Gasteiger partial charge in [-0.3, -0.25) is 9.89 Å². The van der Waals surface area contributed by atoms with E-state index in [1.165, 1.54) is 4.90 Å². The predicted octanol–water partition coefficient (Wildman–Crippen LogP) is 0.787. The Morgan fingerprint density at radius 1 is 1.50 bits per heavy atom. The molecule has 0 saturated carbocycles. The van der Waals surface area contributed by atoms with E-state index in [4.69, 9.17) is 5.73 Å². The van der Waals surface area contributed by atoms with Gasteiger partial charge < -0.3 is 15.7 Å². The number of carbonyl (C=O) groups excluding carboxylic acids is 1. The molecule has 0 bridgehead atoms. The van der Waals surface area contributed by atoms with Gasteiger partial charge in [0.15, 0.2) is 5.69 Å². The van der Waals surface area contributed by atoms with E-state index in [0.717, 1.165) is 5.69 Å². The molecule has 102 valence electrons. The van der Waals surface area contributed by atoms with Crippen LogP contribution in [0.15, 0.2) is 0 Å². The van der Waals surface area contributed by atoms with Crippen molar-refractivity contribution >= 4 is 11.6 Å². The molecule has 0 saturated heterocycles. The molecule has 0 unspecified atom stereocenters. The van der Waals surface area contributed by atoms with Crippen LogP contribution < -0.4 is 5.73 Å². The predicted molar refractivity (Wildman–Crippen MR) is 70.3 cm³/mol. The van der Waals surface area contributed by atoms with Gasteiger partial charge >= 0.3 is 0 Å². The number of aromatic nitrogens is 2. The second kappa shape index (κ2) is 5.39. The molecule has 0 radical (unpaired) electrons. The molecule has 1 amide bonds. The van der Waals surface area contributed by atoms with Gasteiger partial charge in [-0.05, 0) is 27.2 Å². The Hall–Kier alpha value is -1.56. The molecule has 4 N–H and O–H groups in total. The fraction of sp³-hybridized carbons (Fsp3) is 0.667. The summed E-state index contributed by atoms with van der Waals surface area (Å²) in [5.74, 6) is -0.256. The Morgan fingerprint density at radius 3 is 2.50 bits per heavy atom. The number of nitrogen functional groups attached to an aromatic ring is 1. The van der Waals surface area contributed by atoms with Crippen molar-refractivity contribution in [2.24, 2.45) is 0 Å². The summed E-state index contributed by atoms with van der Waals surface area (Å²) in [6.45, 7) is 7.86. The molecular formula is C12H22N4O2. The Labute approximate surface area is 107 Å². The van der Waals surface area contributed by atoms with E-state index in [1.54, 1.807) is 13.8 Å². The fourth-order valence-electron chi connectivity index (χ4n) is 1.76. The van der Waals surface area contributed by atoms with Crippen LogP contribution >= 0.6 is 0 Å². The lowest BCUT2D eigenvalue weighted by molar-refractivity contribution is 0.0312. The van der Waals surface area contributed by atoms with Gasteiger partial charge in [0, 0.05) is 13.1 Å². The van der Waals surface area contributed by atoms with Crippen LogP contribution in [0.25, 0.3) is 0 Å². The van der Waals surface area contributed by atoms with E-state index in [-0.39, 0.29) is 18.1 Å². The van der Waals surface area contributed by atoms with Crippen LogP contribution in [-0.4, -0.2) is 44.8 Å². The van der Waals surface area contributed by atoms with Crippen molar-refractivity contribution in [3.63, 3.8) is 0 Å². The molecule has 1 heterocycles. The van der Waals surface area contributed by atoms with Gasteiger partial charge in [0.25, 0.3) is 5.91 Å². The van der Waals surface area contributed by atoms with Gasteiger partial charge in [-0.15, -0.1) is 0 Å². The zero-order valence-electron chi connectivity index (χ0n) is 11.4. The molecule has 0 aliphatic rings. The number of hydrogen-bond acceptors (Lipinski definition) is 4. The maximum atomic E-state index is 12.3. The zero-order valence-corrected chi connectivity index (χ0v) is 11.4. The van der Waals surface area contributed by atoms with Crippen molar-refractivity contribution in [3.8, 4) is 0 Å². The molecule has 0 atom stereocenters. The number of nitrogens with zero attached hydrogens (tertiary/aromatic N) is 2. The van der Waals surface area contributed by atoms with Crippen LogP contribution in [-0.2, 0) is 6.42 Å². The first-order valence-corrected chi connectivity index (χ1v) is 6.14. The van der Waals surface area contributed by atoms with Gasteiger partial charge in [0.2, 0.25) is 0 Å². The van der Waals surface area contributed by atoms with E-state index in [0.29, 0.717) is 18.7 Å². The molecular weight excluding hydrogens is 232 g/mol. The molecule has 6 nitrogen and oxygen atoms in total. The van der Waals surface area contributed by atoms with Gasteiger partial charge in [-0.25, -0.2) is 0 Å². The van der Waals surface area contributed by atoms with E-state index in [9.17, 15) is 9.90 Å². The highest BCUT2D eigenvalue weighted by Gasteiger charge is 2.25. The second-order valence-corrected chi connectivity index (χ2v) is 4.95. The highest BCUT2D eigenvalue weighted by Crippen LogP contribution is 2.17. The summed E-state index contributed by atoms with van der Waals surface area (Å²) in [4.78, 5) is 13.8. The topological polar surface area (TPSA) is 95.2 Å². The minimum atomic E-state index is -0.940. The molecule has 6 heteroatoms. The molecule has 1 aromatic heterocycles. The fourth-order valence-corrected chi connectivity index (χ4v) is 1.76. The summed E-state index contributed by atoms with van der Waals surface area (Å²) in [7, 11) is 0. The Balaban J connectivity index is 2.93. The maximum Gasteiger partial charge on any atom is 0.276 e. The molecule has 1 rings (SSSR count). The van der Waals surface area contributed by atoms with Crippen LogP contribution in [0.1, 0.15) is 43.9 Å². The SMILES string of the molecule is CCc1[nH]nc(C(=O)N(CC)CC(C)(C)O)c1N. The smallest absolute Gasteiger partial charge is 0.276 e. The lowest BCUT2D eigenvalue weighted by atomic mass is 10.1. The van der Waals surface area contributed by atoms with Crippen LogP contribution in [0.4, 0.5) is 5.69 Å². The number of hydrogen-bond donors (Lipinski definition) is 3. The van der Waals surface area contributed by atoms with Crippen molar-refractivity contribution in [2.45, 2.75) is 39.7 Å². The van der Waals surface area contributed by atoms with Gasteiger partial charge in [-0.1, -0.05) is 6.92 Å². The molecule has 0 aliphatic carbocycles. The van der Waals surface area contributed by atoms with Crippen LogP contribution in [0.2, 0.25) is 0 Å². The molecule has 18 heavy (non-hydrogen) atoms. The number of carbonyl (C=O) groups is 1. The summed E-state index contributed by atoms with van der Waals surface area (Å²) < 4.78 is 0. The van der Waals surface area contributed by atoms with Crippen molar-refractivity contribution < 1.29 is 9.90 Å². The second-order valence-electron chi connectivity index (χ2n) is 4.95. The molecule has 1 aromatic rings. The third kappa shape index (κ3) is 3.22. The molecule has 0 aliphatic heterocycles. The highest BCUT2D eigenvalue weighted by atomic mass is 16.3. The normalized spacial score (nSPS) is 11.6. The number of nitrogens with one attached hydrogen (secondary N) is 1. The average Bonchev–Trinajstić information content (AvgIpc) is 2.65. The number of rotatable bonds is 5. The highest BCUT2D eigenvalue weighted by molar-refractivity contribution is 5.97. The number of aliphatic hydroxyl groups is 1. The van der Waals surface area contributed by atoms with Crippen molar-refractivity contribution in [1.82, 2.24) is 15.1 Å². The lowest BCUT2D eigenvalue weighted by Crippen LogP contribution is -2.42. The monoisotopic (exact) mass is 254 g/mol. The largest absolute Gasteiger partial charge is 0.395 e. The first kappa shape index (κ1) is 14.5. The summed E-state index contributed by atoms with van der Waals surface area (Å²) in [6, 6.07) is 0. The average molecular weight is 254 g/mol. The van der Waals surface area contributed by atoms with E-state index < -0.39 is 5.60 Å². The van der Waals surface area contributed by atoms with Crippen molar-refractivity contribution in [2.75, 3.05) is 18.8 Å². The standard InChI is InChI=1S/C12H22N4O2/c1-5-8-9(13)10(15-14-8)11(17)16(6-2)7-12(3,4)18/h18H,5-7,13H2,1-4H3,(H,14,15). The van der Waals surface area contributed by atoms with Crippen LogP contribution in [0.5, 0.6) is 0 Å². The summed E-state index contributed by atoms with van der Waals surface area (Å²) in [5, 5.41) is 16.5. The van der Waals surface area contributed by atoms with Crippen molar-refractivity contribution in [1.29, 1.82) is 0 Å².